The van der Waals surface area contributed by atoms with Gasteiger partial charge < -0.3 is 9.84 Å². The molecule has 1 N–H and O–H groups in total. The Hall–Kier alpha value is -2.21. The first-order valence-electron chi connectivity index (χ1n) is 6.57. The van der Waals surface area contributed by atoms with Crippen LogP contribution in [0.4, 0.5) is 13.2 Å². The number of rotatable bonds is 5. The van der Waals surface area contributed by atoms with Crippen molar-refractivity contribution in [2.45, 2.75) is 18.7 Å². The molecule has 0 aliphatic rings. The lowest BCUT2D eigenvalue weighted by molar-refractivity contribution is -0.145. The first kappa shape index (κ1) is 17.1. The van der Waals surface area contributed by atoms with E-state index in [0.29, 0.717) is 0 Å². The number of carboxylic acid groups (broad SMARTS) is 1. The molecule has 0 amide bonds. The number of carboxylic acids is 1. The molecule has 0 aliphatic heterocycles. The Labute approximate surface area is 135 Å². The zero-order valence-corrected chi connectivity index (χ0v) is 12.4. The van der Waals surface area contributed by atoms with E-state index in [1.807, 2.05) is 0 Å². The Morgan fingerprint density at radius 1 is 1.17 bits per heavy atom. The average Bonchev–Trinajstić information content (AvgIpc) is 2.48. The fraction of sp³-hybridized carbons (Fsp3) is 0.188. The van der Waals surface area contributed by atoms with Crippen molar-refractivity contribution in [3.63, 3.8) is 0 Å². The largest absolute Gasteiger partial charge is 0.478 e. The topological polar surface area (TPSA) is 46.5 Å². The standard InChI is InChI=1S/C16H12ClF3O3/c17-12-6-1-2-7-13(12)23-14(15(21)22)9-10-4-3-5-11(8-10)16(18,19)20/h1-8,14H,9H2,(H,21,22)/t14-/m1/s1. The Bertz CT molecular complexity index is 701. The summed E-state index contributed by atoms with van der Waals surface area (Å²) in [6.45, 7) is 0. The van der Waals surface area contributed by atoms with Crippen molar-refractivity contribution in [2.24, 2.45) is 0 Å². The minimum absolute atomic E-state index is 0.161. The van der Waals surface area contributed by atoms with E-state index >= 15 is 0 Å². The van der Waals surface area contributed by atoms with Gasteiger partial charge in [0, 0.05) is 6.42 Å². The first-order valence-corrected chi connectivity index (χ1v) is 6.95. The van der Waals surface area contributed by atoms with E-state index in [0.717, 1.165) is 12.1 Å². The Balaban J connectivity index is 2.21. The molecule has 0 aromatic heterocycles. The molecular formula is C16H12ClF3O3. The highest BCUT2D eigenvalue weighted by molar-refractivity contribution is 6.32. The van der Waals surface area contributed by atoms with Crippen LogP contribution in [-0.4, -0.2) is 17.2 Å². The molecule has 2 aromatic rings. The second-order valence-electron chi connectivity index (χ2n) is 4.78. The van der Waals surface area contributed by atoms with E-state index in [-0.39, 0.29) is 22.8 Å². The van der Waals surface area contributed by atoms with Gasteiger partial charge in [-0.2, -0.15) is 13.2 Å². The lowest BCUT2D eigenvalue weighted by Gasteiger charge is -2.17. The molecule has 0 fully saturated rings. The van der Waals surface area contributed by atoms with Gasteiger partial charge in [0.25, 0.3) is 0 Å². The molecule has 7 heteroatoms. The molecule has 0 heterocycles. The highest BCUT2D eigenvalue weighted by Crippen LogP contribution is 2.30. The van der Waals surface area contributed by atoms with Gasteiger partial charge in [-0.3, -0.25) is 0 Å². The fourth-order valence-electron chi connectivity index (χ4n) is 1.96. The van der Waals surface area contributed by atoms with Crippen molar-refractivity contribution in [2.75, 3.05) is 0 Å². The first-order chi connectivity index (χ1) is 10.8. The average molecular weight is 345 g/mol. The SMILES string of the molecule is O=C(O)[C@@H](Cc1cccc(C(F)(F)F)c1)Oc1ccccc1Cl. The number of para-hydroxylation sites is 1. The molecule has 23 heavy (non-hydrogen) atoms. The number of alkyl halides is 3. The van der Waals surface area contributed by atoms with Crippen molar-refractivity contribution >= 4 is 17.6 Å². The Kier molecular flexibility index (Phi) is 5.15. The quantitative estimate of drug-likeness (QED) is 0.872. The third-order valence-corrected chi connectivity index (χ3v) is 3.37. The molecule has 0 radical (unpaired) electrons. The van der Waals surface area contributed by atoms with Crippen molar-refractivity contribution in [1.29, 1.82) is 0 Å². The molecule has 0 saturated carbocycles. The van der Waals surface area contributed by atoms with Gasteiger partial charge in [-0.15, -0.1) is 0 Å². The van der Waals surface area contributed by atoms with Gasteiger partial charge in [0.1, 0.15) is 5.75 Å². The second kappa shape index (κ2) is 6.91. The van der Waals surface area contributed by atoms with Crippen LogP contribution in [0.15, 0.2) is 48.5 Å². The predicted octanol–water partition coefficient (Wildman–Crippen LogP) is 4.43. The van der Waals surface area contributed by atoms with Gasteiger partial charge in [-0.05, 0) is 23.8 Å². The van der Waals surface area contributed by atoms with Crippen LogP contribution in [0.2, 0.25) is 5.02 Å². The maximum Gasteiger partial charge on any atom is 0.416 e. The van der Waals surface area contributed by atoms with Crippen LogP contribution in [0.1, 0.15) is 11.1 Å². The molecule has 0 aliphatic carbocycles. The lowest BCUT2D eigenvalue weighted by atomic mass is 10.0. The van der Waals surface area contributed by atoms with Gasteiger partial charge in [0.2, 0.25) is 0 Å². The molecule has 2 aromatic carbocycles. The van der Waals surface area contributed by atoms with Gasteiger partial charge >= 0.3 is 12.1 Å². The van der Waals surface area contributed by atoms with Crippen molar-refractivity contribution < 1.29 is 27.8 Å². The summed E-state index contributed by atoms with van der Waals surface area (Å²) in [6, 6.07) is 10.8. The number of carbonyl (C=O) groups is 1. The summed E-state index contributed by atoms with van der Waals surface area (Å²) < 4.78 is 43.4. The number of benzene rings is 2. The highest BCUT2D eigenvalue weighted by atomic mass is 35.5. The maximum atomic E-state index is 12.7. The molecule has 0 bridgehead atoms. The zero-order chi connectivity index (χ0) is 17.0. The Morgan fingerprint density at radius 3 is 2.48 bits per heavy atom. The van der Waals surface area contributed by atoms with Crippen LogP contribution in [0.3, 0.4) is 0 Å². The summed E-state index contributed by atoms with van der Waals surface area (Å²) in [6.07, 6.45) is -6.05. The predicted molar refractivity (Wildman–Crippen MR) is 78.7 cm³/mol. The molecule has 0 spiro atoms. The summed E-state index contributed by atoms with van der Waals surface area (Å²) in [5.41, 5.74) is -0.629. The number of ether oxygens (including phenoxy) is 1. The van der Waals surface area contributed by atoms with Crippen molar-refractivity contribution in [1.82, 2.24) is 0 Å². The number of hydrogen-bond acceptors (Lipinski definition) is 2. The zero-order valence-electron chi connectivity index (χ0n) is 11.7. The molecule has 0 unspecified atom stereocenters. The van der Waals surface area contributed by atoms with E-state index in [1.54, 1.807) is 12.1 Å². The van der Waals surface area contributed by atoms with Crippen LogP contribution in [0.25, 0.3) is 0 Å². The summed E-state index contributed by atoms with van der Waals surface area (Å²) >= 11 is 5.89. The Morgan fingerprint density at radius 2 is 1.87 bits per heavy atom. The van der Waals surface area contributed by atoms with Crippen LogP contribution in [-0.2, 0) is 17.4 Å². The molecule has 122 valence electrons. The van der Waals surface area contributed by atoms with E-state index in [1.165, 1.54) is 24.3 Å². The minimum Gasteiger partial charge on any atom is -0.478 e. The van der Waals surface area contributed by atoms with E-state index in [4.69, 9.17) is 16.3 Å². The second-order valence-corrected chi connectivity index (χ2v) is 5.18. The van der Waals surface area contributed by atoms with E-state index in [2.05, 4.69) is 0 Å². The summed E-state index contributed by atoms with van der Waals surface area (Å²) in [5.74, 6) is -1.13. The van der Waals surface area contributed by atoms with Gasteiger partial charge in [-0.1, -0.05) is 41.9 Å². The highest BCUT2D eigenvalue weighted by Gasteiger charge is 2.31. The molecule has 1 atom stereocenters. The van der Waals surface area contributed by atoms with Crippen LogP contribution in [0.5, 0.6) is 5.75 Å². The van der Waals surface area contributed by atoms with Gasteiger partial charge in [-0.25, -0.2) is 4.79 Å². The molecule has 0 saturated heterocycles. The summed E-state index contributed by atoms with van der Waals surface area (Å²) in [7, 11) is 0. The lowest BCUT2D eigenvalue weighted by Crippen LogP contribution is -2.29. The van der Waals surface area contributed by atoms with E-state index < -0.39 is 23.8 Å². The van der Waals surface area contributed by atoms with Gasteiger partial charge in [0.05, 0.1) is 10.6 Å². The van der Waals surface area contributed by atoms with E-state index in [9.17, 15) is 23.1 Å². The summed E-state index contributed by atoms with van der Waals surface area (Å²) in [5, 5.41) is 9.45. The van der Waals surface area contributed by atoms with Crippen LogP contribution in [0, 0.1) is 0 Å². The maximum absolute atomic E-state index is 12.7. The van der Waals surface area contributed by atoms with Crippen molar-refractivity contribution in [3.05, 3.63) is 64.7 Å². The number of hydrogen-bond donors (Lipinski definition) is 1. The monoisotopic (exact) mass is 344 g/mol. The smallest absolute Gasteiger partial charge is 0.416 e. The van der Waals surface area contributed by atoms with Crippen molar-refractivity contribution in [3.8, 4) is 5.75 Å². The molecule has 2 rings (SSSR count). The number of aliphatic carboxylic acids is 1. The van der Waals surface area contributed by atoms with Crippen LogP contribution >= 0.6 is 11.6 Å². The minimum atomic E-state index is -4.49. The third kappa shape index (κ3) is 4.63. The van der Waals surface area contributed by atoms with Crippen LogP contribution < -0.4 is 4.74 Å². The fourth-order valence-corrected chi connectivity index (χ4v) is 2.14. The third-order valence-electron chi connectivity index (χ3n) is 3.06. The normalized spacial score (nSPS) is 12.7. The molecular weight excluding hydrogens is 333 g/mol. The molecule has 3 nitrogen and oxygen atoms in total. The van der Waals surface area contributed by atoms with Gasteiger partial charge in [0.15, 0.2) is 6.10 Å². The summed E-state index contributed by atoms with van der Waals surface area (Å²) in [4.78, 5) is 11.3. The number of halogens is 4.